The van der Waals surface area contributed by atoms with E-state index in [1.54, 1.807) is 18.2 Å². The molecule has 0 saturated heterocycles. The number of hydrogen-bond acceptors (Lipinski definition) is 4. The monoisotopic (exact) mass is 440 g/mol. The van der Waals surface area contributed by atoms with E-state index in [-0.39, 0.29) is 11.4 Å². The van der Waals surface area contributed by atoms with Gasteiger partial charge in [-0.2, -0.15) is 13.2 Å². The summed E-state index contributed by atoms with van der Waals surface area (Å²) in [6.45, 7) is 0. The second-order valence-electron chi connectivity index (χ2n) is 6.94. The molecule has 0 fully saturated rings. The van der Waals surface area contributed by atoms with Crippen LogP contribution >= 0.6 is 0 Å². The normalized spacial score (nSPS) is 11.9. The molecule has 32 heavy (non-hydrogen) atoms. The minimum absolute atomic E-state index is 0.215. The zero-order valence-corrected chi connectivity index (χ0v) is 16.0. The highest BCUT2D eigenvalue weighted by Gasteiger charge is 2.42. The number of fused-ring (bicyclic) bond motifs is 3. The van der Waals surface area contributed by atoms with Crippen LogP contribution in [0.3, 0.4) is 0 Å². The van der Waals surface area contributed by atoms with E-state index >= 15 is 0 Å². The Hall–Kier alpha value is -4.21. The molecular formula is C22H12F4N4O2. The van der Waals surface area contributed by atoms with Crippen LogP contribution in [0.25, 0.3) is 27.6 Å². The number of halogens is 4. The van der Waals surface area contributed by atoms with Gasteiger partial charge >= 0.3 is 6.18 Å². The molecule has 6 nitrogen and oxygen atoms in total. The van der Waals surface area contributed by atoms with E-state index in [2.05, 4.69) is 15.6 Å². The lowest BCUT2D eigenvalue weighted by atomic mass is 10.1. The lowest BCUT2D eigenvalue weighted by molar-refractivity contribution is -0.143. The highest BCUT2D eigenvalue weighted by Crippen LogP contribution is 2.34. The van der Waals surface area contributed by atoms with Gasteiger partial charge in [0.2, 0.25) is 0 Å². The van der Waals surface area contributed by atoms with Crippen LogP contribution in [0.5, 0.6) is 0 Å². The van der Waals surface area contributed by atoms with Crippen molar-refractivity contribution in [2.24, 2.45) is 0 Å². The van der Waals surface area contributed by atoms with Gasteiger partial charge in [0, 0.05) is 22.5 Å². The summed E-state index contributed by atoms with van der Waals surface area (Å²) in [5, 5.41) is 10.9. The van der Waals surface area contributed by atoms with E-state index in [0.717, 1.165) is 22.9 Å². The summed E-state index contributed by atoms with van der Waals surface area (Å²) in [7, 11) is 0. The second-order valence-corrected chi connectivity index (χ2v) is 6.94. The number of nitrogens with zero attached hydrogens (tertiary/aromatic N) is 3. The van der Waals surface area contributed by atoms with Crippen molar-refractivity contribution < 1.29 is 26.8 Å². The standard InChI is InChI=1S/C22H12F4N4O2/c23-12-4-3-5-14(10-12)30-20(22(24,25)26)19(28-29-30)21(31)27-13-8-9-16-15-6-1-2-7-17(15)32-18(16)11-13/h1-11H,(H,27,31). The smallest absolute Gasteiger partial charge is 0.435 e. The van der Waals surface area contributed by atoms with Crippen LogP contribution in [0.15, 0.2) is 71.1 Å². The van der Waals surface area contributed by atoms with Crippen molar-refractivity contribution in [2.75, 3.05) is 5.32 Å². The SMILES string of the molecule is O=C(Nc1ccc2c(c1)oc1ccccc12)c1nnn(-c2cccc(F)c2)c1C(F)(F)F. The van der Waals surface area contributed by atoms with Crippen molar-refractivity contribution in [3.8, 4) is 5.69 Å². The molecule has 0 aliphatic rings. The van der Waals surface area contributed by atoms with Crippen LogP contribution in [-0.2, 0) is 6.18 Å². The average molecular weight is 440 g/mol. The number of alkyl halides is 3. The number of nitrogens with one attached hydrogen (secondary N) is 1. The summed E-state index contributed by atoms with van der Waals surface area (Å²) in [5.41, 5.74) is -1.24. The number of aromatic nitrogens is 3. The third-order valence-corrected chi connectivity index (χ3v) is 4.84. The topological polar surface area (TPSA) is 73.0 Å². The Morgan fingerprint density at radius 3 is 2.50 bits per heavy atom. The van der Waals surface area contributed by atoms with Crippen molar-refractivity contribution in [3.63, 3.8) is 0 Å². The minimum Gasteiger partial charge on any atom is -0.456 e. The first-order valence-corrected chi connectivity index (χ1v) is 9.33. The van der Waals surface area contributed by atoms with Crippen LogP contribution in [0.4, 0.5) is 23.2 Å². The molecule has 0 aliphatic heterocycles. The first-order valence-electron chi connectivity index (χ1n) is 9.33. The number of rotatable bonds is 3. The summed E-state index contributed by atoms with van der Waals surface area (Å²) in [6.07, 6.45) is -4.97. The van der Waals surface area contributed by atoms with Crippen molar-refractivity contribution in [2.45, 2.75) is 6.18 Å². The Kier molecular flexibility index (Phi) is 4.43. The molecule has 0 saturated carbocycles. The molecule has 0 bridgehead atoms. The van der Waals surface area contributed by atoms with Crippen LogP contribution < -0.4 is 5.32 Å². The fourth-order valence-corrected chi connectivity index (χ4v) is 3.47. The Bertz CT molecular complexity index is 1490. The molecule has 0 spiro atoms. The van der Waals surface area contributed by atoms with Crippen molar-refractivity contribution in [1.29, 1.82) is 0 Å². The highest BCUT2D eigenvalue weighted by molar-refractivity contribution is 6.08. The number of para-hydroxylation sites is 1. The van der Waals surface area contributed by atoms with E-state index in [0.29, 0.717) is 15.8 Å². The number of amides is 1. The molecule has 5 rings (SSSR count). The van der Waals surface area contributed by atoms with E-state index in [4.69, 9.17) is 4.42 Å². The highest BCUT2D eigenvalue weighted by atomic mass is 19.4. The molecule has 2 aromatic heterocycles. The molecular weight excluding hydrogens is 428 g/mol. The summed E-state index contributed by atoms with van der Waals surface area (Å²) < 4.78 is 60.9. The van der Waals surface area contributed by atoms with E-state index in [1.165, 1.54) is 18.2 Å². The predicted octanol–water partition coefficient (Wildman–Crippen LogP) is 5.58. The molecule has 5 aromatic rings. The Morgan fingerprint density at radius 1 is 0.938 bits per heavy atom. The van der Waals surface area contributed by atoms with Gasteiger partial charge in [-0.15, -0.1) is 5.10 Å². The van der Waals surface area contributed by atoms with Crippen molar-refractivity contribution >= 4 is 33.5 Å². The molecule has 1 amide bonds. The largest absolute Gasteiger partial charge is 0.456 e. The van der Waals surface area contributed by atoms with Crippen LogP contribution in [0, 0.1) is 5.82 Å². The van der Waals surface area contributed by atoms with Gasteiger partial charge in [-0.25, -0.2) is 9.07 Å². The molecule has 3 aromatic carbocycles. The summed E-state index contributed by atoms with van der Waals surface area (Å²) in [6, 6.07) is 16.5. The van der Waals surface area contributed by atoms with Crippen molar-refractivity contribution in [3.05, 3.63) is 83.9 Å². The lowest BCUT2D eigenvalue weighted by Gasteiger charge is -2.11. The molecule has 2 heterocycles. The Balaban J connectivity index is 1.52. The average Bonchev–Trinajstić information content (AvgIpc) is 3.35. The maximum atomic E-state index is 13.8. The first-order chi connectivity index (χ1) is 15.3. The third kappa shape index (κ3) is 3.35. The molecule has 0 radical (unpaired) electrons. The van der Waals surface area contributed by atoms with E-state index < -0.39 is 29.3 Å². The van der Waals surface area contributed by atoms with Gasteiger partial charge in [0.15, 0.2) is 11.4 Å². The summed E-state index contributed by atoms with van der Waals surface area (Å²) in [4.78, 5) is 12.7. The molecule has 0 aliphatic carbocycles. The zero-order chi connectivity index (χ0) is 22.5. The minimum atomic E-state index is -4.97. The number of anilines is 1. The molecule has 0 unspecified atom stereocenters. The van der Waals surface area contributed by atoms with Gasteiger partial charge in [-0.05, 0) is 36.4 Å². The number of furan rings is 1. The van der Waals surface area contributed by atoms with Crippen LogP contribution in [0.1, 0.15) is 16.2 Å². The second kappa shape index (κ2) is 7.19. The quantitative estimate of drug-likeness (QED) is 0.372. The van der Waals surface area contributed by atoms with Gasteiger partial charge in [0.05, 0.1) is 5.69 Å². The predicted molar refractivity (Wildman–Crippen MR) is 108 cm³/mol. The first kappa shape index (κ1) is 19.7. The fraction of sp³-hybridized carbons (Fsp3) is 0.0455. The fourth-order valence-electron chi connectivity index (χ4n) is 3.47. The maximum Gasteiger partial charge on any atom is 0.435 e. The lowest BCUT2D eigenvalue weighted by Crippen LogP contribution is -2.21. The zero-order valence-electron chi connectivity index (χ0n) is 16.0. The number of carbonyl (C=O) groups is 1. The van der Waals surface area contributed by atoms with Gasteiger partial charge in [0.25, 0.3) is 5.91 Å². The van der Waals surface area contributed by atoms with Gasteiger partial charge in [-0.1, -0.05) is 29.5 Å². The maximum absolute atomic E-state index is 13.8. The Morgan fingerprint density at radius 2 is 1.72 bits per heavy atom. The van der Waals surface area contributed by atoms with Crippen LogP contribution in [-0.4, -0.2) is 20.9 Å². The molecule has 0 atom stereocenters. The summed E-state index contributed by atoms with van der Waals surface area (Å²) in [5.74, 6) is -1.87. The molecule has 10 heteroatoms. The molecule has 160 valence electrons. The number of benzene rings is 3. The van der Waals surface area contributed by atoms with E-state index in [9.17, 15) is 22.4 Å². The Labute approximate surface area is 177 Å². The number of carbonyl (C=O) groups excluding carboxylic acids is 1. The third-order valence-electron chi connectivity index (χ3n) is 4.84. The van der Waals surface area contributed by atoms with Crippen LogP contribution in [0.2, 0.25) is 0 Å². The number of hydrogen-bond donors (Lipinski definition) is 1. The van der Waals surface area contributed by atoms with Gasteiger partial charge in [0.1, 0.15) is 17.0 Å². The van der Waals surface area contributed by atoms with E-state index in [1.807, 2.05) is 18.2 Å². The van der Waals surface area contributed by atoms with Gasteiger partial charge < -0.3 is 9.73 Å². The van der Waals surface area contributed by atoms with Gasteiger partial charge in [-0.3, -0.25) is 4.79 Å². The summed E-state index contributed by atoms with van der Waals surface area (Å²) >= 11 is 0. The van der Waals surface area contributed by atoms with Crippen molar-refractivity contribution in [1.82, 2.24) is 15.0 Å². The molecule has 1 N–H and O–H groups in total.